The van der Waals surface area contributed by atoms with E-state index in [2.05, 4.69) is 44.7 Å². The summed E-state index contributed by atoms with van der Waals surface area (Å²) in [5, 5.41) is 1.18. The van der Waals surface area contributed by atoms with Crippen LogP contribution >= 0.6 is 22.6 Å². The predicted octanol–water partition coefficient (Wildman–Crippen LogP) is 2.48. The third-order valence-corrected chi connectivity index (χ3v) is 2.19. The summed E-state index contributed by atoms with van der Waals surface area (Å²) in [6, 6.07) is 4.14. The van der Waals surface area contributed by atoms with Crippen molar-refractivity contribution in [3.05, 3.63) is 27.7 Å². The number of aromatic nitrogens is 2. The Kier molecular flexibility index (Phi) is 1.60. The number of pyridine rings is 1. The first-order valence-electron chi connectivity index (χ1n) is 3.36. The van der Waals surface area contributed by atoms with Gasteiger partial charge in [0, 0.05) is 22.8 Å². The molecule has 2 aromatic rings. The second kappa shape index (κ2) is 2.48. The van der Waals surface area contributed by atoms with Crippen LogP contribution in [0.1, 0.15) is 5.69 Å². The molecule has 0 aromatic carbocycles. The minimum absolute atomic E-state index is 1.05. The van der Waals surface area contributed by atoms with Crippen molar-refractivity contribution in [1.82, 2.24) is 9.97 Å². The molecule has 3 heteroatoms. The van der Waals surface area contributed by atoms with Gasteiger partial charge in [0.15, 0.2) is 0 Å². The summed E-state index contributed by atoms with van der Waals surface area (Å²) in [4.78, 5) is 7.44. The molecular formula is C8H7IN2. The topological polar surface area (TPSA) is 28.7 Å². The van der Waals surface area contributed by atoms with E-state index in [9.17, 15) is 0 Å². The molecule has 0 saturated carbocycles. The number of fused-ring (bicyclic) bond motifs is 1. The third-order valence-electron chi connectivity index (χ3n) is 1.61. The highest BCUT2D eigenvalue weighted by Gasteiger charge is 1.97. The number of nitrogens with zero attached hydrogens (tertiary/aromatic N) is 1. The minimum Gasteiger partial charge on any atom is -0.350 e. The van der Waals surface area contributed by atoms with Crippen molar-refractivity contribution in [2.75, 3.05) is 0 Å². The zero-order valence-corrected chi connectivity index (χ0v) is 8.21. The summed E-state index contributed by atoms with van der Waals surface area (Å²) < 4.78 is 1.16. The molecule has 0 saturated heterocycles. The number of rotatable bonds is 0. The molecule has 0 atom stereocenters. The fourth-order valence-corrected chi connectivity index (χ4v) is 1.72. The number of nitrogens with one attached hydrogen (secondary N) is 1. The Hall–Kier alpha value is -0.580. The van der Waals surface area contributed by atoms with Gasteiger partial charge in [-0.25, -0.2) is 0 Å². The summed E-state index contributed by atoms with van der Waals surface area (Å²) in [5.74, 6) is 0. The van der Waals surface area contributed by atoms with Gasteiger partial charge < -0.3 is 4.98 Å². The van der Waals surface area contributed by atoms with Crippen molar-refractivity contribution in [3.8, 4) is 0 Å². The third kappa shape index (κ3) is 1.24. The number of H-pyrrole nitrogens is 1. The smallest absolute Gasteiger partial charge is 0.0783 e. The maximum atomic E-state index is 4.20. The van der Waals surface area contributed by atoms with Crippen LogP contribution < -0.4 is 0 Å². The molecule has 0 aliphatic rings. The van der Waals surface area contributed by atoms with Crippen molar-refractivity contribution in [2.45, 2.75) is 6.92 Å². The minimum atomic E-state index is 1.05. The highest BCUT2D eigenvalue weighted by Crippen LogP contribution is 2.15. The van der Waals surface area contributed by atoms with E-state index in [1.807, 2.05) is 13.1 Å². The van der Waals surface area contributed by atoms with E-state index >= 15 is 0 Å². The van der Waals surface area contributed by atoms with Crippen molar-refractivity contribution in [2.24, 2.45) is 0 Å². The van der Waals surface area contributed by atoms with E-state index in [-0.39, 0.29) is 0 Å². The first-order chi connectivity index (χ1) is 5.25. The highest BCUT2D eigenvalue weighted by atomic mass is 127. The van der Waals surface area contributed by atoms with Crippen LogP contribution in [0.3, 0.4) is 0 Å². The van der Waals surface area contributed by atoms with E-state index in [4.69, 9.17) is 0 Å². The molecule has 0 aliphatic heterocycles. The lowest BCUT2D eigenvalue weighted by Gasteiger charge is -1.89. The van der Waals surface area contributed by atoms with E-state index < -0.39 is 0 Å². The number of halogens is 1. The molecule has 0 spiro atoms. The monoisotopic (exact) mass is 258 g/mol. The molecule has 2 nitrogen and oxygen atoms in total. The molecule has 11 heavy (non-hydrogen) atoms. The van der Waals surface area contributed by atoms with Gasteiger partial charge in [-0.1, -0.05) is 0 Å². The van der Waals surface area contributed by atoms with Gasteiger partial charge in [0.25, 0.3) is 0 Å². The fourth-order valence-electron chi connectivity index (χ4n) is 1.09. The summed E-state index contributed by atoms with van der Waals surface area (Å²) in [5.41, 5.74) is 2.22. The Labute approximate surface area is 78.2 Å². The summed E-state index contributed by atoms with van der Waals surface area (Å²) in [6.07, 6.45) is 1.89. The predicted molar refractivity (Wildman–Crippen MR) is 53.5 cm³/mol. The van der Waals surface area contributed by atoms with Gasteiger partial charge in [0.05, 0.1) is 3.70 Å². The summed E-state index contributed by atoms with van der Waals surface area (Å²) in [6.45, 7) is 1.99. The SMILES string of the molecule is Cc1cc2[nH]c(I)cc2cn1. The summed E-state index contributed by atoms with van der Waals surface area (Å²) in [7, 11) is 0. The molecule has 0 unspecified atom stereocenters. The van der Waals surface area contributed by atoms with Gasteiger partial charge in [-0.3, -0.25) is 4.98 Å². The van der Waals surface area contributed by atoms with Crippen molar-refractivity contribution >= 4 is 33.5 Å². The zero-order chi connectivity index (χ0) is 7.84. The Bertz CT molecular complexity index is 392. The van der Waals surface area contributed by atoms with Crippen molar-refractivity contribution < 1.29 is 0 Å². The first-order valence-corrected chi connectivity index (χ1v) is 4.44. The number of hydrogen-bond donors (Lipinski definition) is 1. The van der Waals surface area contributed by atoms with E-state index in [1.165, 1.54) is 10.9 Å². The molecule has 0 aliphatic carbocycles. The molecule has 56 valence electrons. The molecule has 0 bridgehead atoms. The zero-order valence-electron chi connectivity index (χ0n) is 6.06. The van der Waals surface area contributed by atoms with Crippen molar-refractivity contribution in [3.63, 3.8) is 0 Å². The molecule has 2 aromatic heterocycles. The van der Waals surface area contributed by atoms with E-state index in [0.717, 1.165) is 9.39 Å². The van der Waals surface area contributed by atoms with E-state index in [1.54, 1.807) is 0 Å². The average molecular weight is 258 g/mol. The van der Waals surface area contributed by atoms with Crippen molar-refractivity contribution in [1.29, 1.82) is 0 Å². The largest absolute Gasteiger partial charge is 0.350 e. The van der Waals surface area contributed by atoms with Gasteiger partial charge in [0.2, 0.25) is 0 Å². The second-order valence-corrected chi connectivity index (χ2v) is 3.69. The standard InChI is InChI=1S/C8H7IN2/c1-5-2-7-6(4-10-5)3-8(9)11-7/h2-4,11H,1H3. The molecule has 0 radical (unpaired) electrons. The Morgan fingerprint density at radius 3 is 3.09 bits per heavy atom. The molecule has 1 N–H and O–H groups in total. The fraction of sp³-hybridized carbons (Fsp3) is 0.125. The number of aryl methyl sites for hydroxylation is 1. The van der Waals surface area contributed by atoms with Gasteiger partial charge in [-0.15, -0.1) is 0 Å². The van der Waals surface area contributed by atoms with Gasteiger partial charge in [0.1, 0.15) is 0 Å². The van der Waals surface area contributed by atoms with Gasteiger partial charge >= 0.3 is 0 Å². The van der Waals surface area contributed by atoms with Crippen LogP contribution in [0.4, 0.5) is 0 Å². The molecule has 0 fully saturated rings. The normalized spacial score (nSPS) is 10.7. The molecule has 2 heterocycles. The van der Waals surface area contributed by atoms with Crippen LogP contribution in [-0.4, -0.2) is 9.97 Å². The van der Waals surface area contributed by atoms with Gasteiger partial charge in [-0.05, 0) is 41.6 Å². The molecular weight excluding hydrogens is 251 g/mol. The maximum Gasteiger partial charge on any atom is 0.0783 e. The second-order valence-electron chi connectivity index (χ2n) is 2.53. The Morgan fingerprint density at radius 2 is 2.27 bits per heavy atom. The van der Waals surface area contributed by atoms with Crippen LogP contribution in [0.25, 0.3) is 10.9 Å². The lowest BCUT2D eigenvalue weighted by Crippen LogP contribution is -1.77. The van der Waals surface area contributed by atoms with Crippen LogP contribution in [0.5, 0.6) is 0 Å². The quantitative estimate of drug-likeness (QED) is 0.722. The number of aromatic amines is 1. The number of hydrogen-bond acceptors (Lipinski definition) is 1. The van der Waals surface area contributed by atoms with Crippen LogP contribution in [0, 0.1) is 10.6 Å². The van der Waals surface area contributed by atoms with Crippen LogP contribution in [0.15, 0.2) is 18.3 Å². The van der Waals surface area contributed by atoms with Crippen LogP contribution in [0.2, 0.25) is 0 Å². The average Bonchev–Trinajstić information content (AvgIpc) is 2.27. The van der Waals surface area contributed by atoms with Crippen LogP contribution in [-0.2, 0) is 0 Å². The lowest BCUT2D eigenvalue weighted by molar-refractivity contribution is 1.22. The van der Waals surface area contributed by atoms with E-state index in [0.29, 0.717) is 0 Å². The maximum absolute atomic E-state index is 4.20. The first kappa shape index (κ1) is 7.09. The lowest BCUT2D eigenvalue weighted by atomic mass is 10.3. The summed E-state index contributed by atoms with van der Waals surface area (Å²) >= 11 is 2.26. The van der Waals surface area contributed by atoms with Gasteiger partial charge in [-0.2, -0.15) is 0 Å². The highest BCUT2D eigenvalue weighted by molar-refractivity contribution is 14.1. The molecule has 2 rings (SSSR count). The Balaban J connectivity index is 2.82. The molecule has 0 amide bonds. The Morgan fingerprint density at radius 1 is 1.45 bits per heavy atom.